The predicted molar refractivity (Wildman–Crippen MR) is 98.5 cm³/mol. The van der Waals surface area contributed by atoms with Crippen molar-refractivity contribution in [3.8, 4) is 0 Å². The van der Waals surface area contributed by atoms with Crippen LogP contribution >= 0.6 is 0 Å². The van der Waals surface area contributed by atoms with E-state index in [1.165, 1.54) is 0 Å². The van der Waals surface area contributed by atoms with Gasteiger partial charge >= 0.3 is 12.0 Å². The molecule has 0 spiro atoms. The smallest absolute Gasteiger partial charge is 0.321 e. The topological polar surface area (TPSA) is 84.5 Å². The minimum atomic E-state index is -0.621. The number of carbonyl (C=O) groups excluding carboxylic acids is 3. The van der Waals surface area contributed by atoms with Crippen LogP contribution in [-0.2, 0) is 14.3 Å². The van der Waals surface area contributed by atoms with E-state index in [1.807, 2.05) is 44.2 Å². The van der Waals surface area contributed by atoms with E-state index in [0.717, 1.165) is 37.7 Å². The summed E-state index contributed by atoms with van der Waals surface area (Å²) in [5.74, 6) is -1.42. The molecule has 1 aliphatic rings. The molecule has 0 heterocycles. The van der Waals surface area contributed by atoms with Crippen LogP contribution in [0.3, 0.4) is 0 Å². The molecule has 3 amide bonds. The van der Waals surface area contributed by atoms with Gasteiger partial charge in [-0.1, -0.05) is 63.4 Å². The van der Waals surface area contributed by atoms with Crippen LogP contribution in [0.25, 0.3) is 0 Å². The second-order valence-corrected chi connectivity index (χ2v) is 6.88. The van der Waals surface area contributed by atoms with Crippen LogP contribution in [0.5, 0.6) is 0 Å². The SMILES string of the molecule is CC[C@@H](C)[C@@H](C(=O)OCC(=O)NC(=O)NC1CCCC1)c1ccccc1. The summed E-state index contributed by atoms with van der Waals surface area (Å²) in [5, 5.41) is 4.98. The fraction of sp³-hybridized carbons (Fsp3) is 0.550. The number of esters is 1. The number of rotatable bonds is 7. The summed E-state index contributed by atoms with van der Waals surface area (Å²) in [5.41, 5.74) is 0.867. The zero-order valence-corrected chi connectivity index (χ0v) is 15.5. The van der Waals surface area contributed by atoms with Crippen molar-refractivity contribution in [3.05, 3.63) is 35.9 Å². The molecule has 2 atom stereocenters. The zero-order valence-electron chi connectivity index (χ0n) is 15.5. The normalized spacial score (nSPS) is 16.5. The van der Waals surface area contributed by atoms with Gasteiger partial charge in [0, 0.05) is 6.04 Å². The molecule has 2 rings (SSSR count). The molecule has 0 aromatic heterocycles. The lowest BCUT2D eigenvalue weighted by Gasteiger charge is -2.21. The van der Waals surface area contributed by atoms with Crippen molar-refractivity contribution in [1.82, 2.24) is 10.6 Å². The number of nitrogens with one attached hydrogen (secondary N) is 2. The molecule has 0 saturated heterocycles. The highest BCUT2D eigenvalue weighted by molar-refractivity contribution is 5.95. The van der Waals surface area contributed by atoms with Gasteiger partial charge < -0.3 is 10.1 Å². The number of benzene rings is 1. The molecular weight excluding hydrogens is 332 g/mol. The second-order valence-electron chi connectivity index (χ2n) is 6.88. The van der Waals surface area contributed by atoms with Gasteiger partial charge in [0.1, 0.15) is 0 Å². The van der Waals surface area contributed by atoms with Gasteiger partial charge in [-0.2, -0.15) is 0 Å². The number of hydrogen-bond acceptors (Lipinski definition) is 4. The van der Waals surface area contributed by atoms with Crippen LogP contribution < -0.4 is 10.6 Å². The molecule has 0 aliphatic heterocycles. The summed E-state index contributed by atoms with van der Waals surface area (Å²) in [4.78, 5) is 36.2. The molecule has 1 fully saturated rings. The molecule has 0 unspecified atom stereocenters. The van der Waals surface area contributed by atoms with Crippen molar-refractivity contribution in [2.75, 3.05) is 6.61 Å². The maximum atomic E-state index is 12.5. The minimum Gasteiger partial charge on any atom is -0.455 e. The lowest BCUT2D eigenvalue weighted by Crippen LogP contribution is -2.45. The molecule has 1 aromatic rings. The van der Waals surface area contributed by atoms with Crippen LogP contribution in [0.1, 0.15) is 57.4 Å². The van der Waals surface area contributed by atoms with Crippen LogP contribution in [0.4, 0.5) is 4.79 Å². The molecule has 26 heavy (non-hydrogen) atoms. The fourth-order valence-corrected chi connectivity index (χ4v) is 3.27. The van der Waals surface area contributed by atoms with Crippen molar-refractivity contribution < 1.29 is 19.1 Å². The number of urea groups is 1. The highest BCUT2D eigenvalue weighted by Crippen LogP contribution is 2.28. The Bertz CT molecular complexity index is 611. The van der Waals surface area contributed by atoms with E-state index in [0.29, 0.717) is 0 Å². The average molecular weight is 360 g/mol. The monoisotopic (exact) mass is 360 g/mol. The summed E-state index contributed by atoms with van der Waals surface area (Å²) in [6, 6.07) is 8.99. The summed E-state index contributed by atoms with van der Waals surface area (Å²) < 4.78 is 5.18. The van der Waals surface area contributed by atoms with E-state index in [-0.39, 0.29) is 12.0 Å². The number of ether oxygens (including phenoxy) is 1. The number of amides is 3. The van der Waals surface area contributed by atoms with Gasteiger partial charge in [0.05, 0.1) is 5.92 Å². The minimum absolute atomic E-state index is 0.0821. The highest BCUT2D eigenvalue weighted by atomic mass is 16.5. The van der Waals surface area contributed by atoms with Crippen LogP contribution in [0.15, 0.2) is 30.3 Å². The van der Waals surface area contributed by atoms with Crippen molar-refractivity contribution in [3.63, 3.8) is 0 Å². The fourth-order valence-electron chi connectivity index (χ4n) is 3.27. The second kappa shape index (κ2) is 9.94. The van der Waals surface area contributed by atoms with E-state index in [9.17, 15) is 14.4 Å². The molecule has 0 bridgehead atoms. The van der Waals surface area contributed by atoms with Crippen LogP contribution in [0.2, 0.25) is 0 Å². The maximum absolute atomic E-state index is 12.5. The van der Waals surface area contributed by atoms with Crippen LogP contribution in [-0.4, -0.2) is 30.6 Å². The molecule has 2 N–H and O–H groups in total. The van der Waals surface area contributed by atoms with Crippen molar-refractivity contribution >= 4 is 17.9 Å². The summed E-state index contributed by atoms with van der Waals surface area (Å²) in [6.45, 7) is 3.53. The van der Waals surface area contributed by atoms with Crippen molar-refractivity contribution in [2.45, 2.75) is 57.9 Å². The molecule has 1 aromatic carbocycles. The molecule has 1 saturated carbocycles. The average Bonchev–Trinajstić information content (AvgIpc) is 3.13. The summed E-state index contributed by atoms with van der Waals surface area (Å²) in [6.07, 6.45) is 4.86. The molecule has 1 aliphatic carbocycles. The summed E-state index contributed by atoms with van der Waals surface area (Å²) >= 11 is 0. The predicted octanol–water partition coefficient (Wildman–Crippen LogP) is 3.13. The lowest BCUT2D eigenvalue weighted by molar-refractivity contribution is -0.151. The number of carbonyl (C=O) groups is 3. The summed E-state index contributed by atoms with van der Waals surface area (Å²) in [7, 11) is 0. The first kappa shape index (κ1) is 19.9. The largest absolute Gasteiger partial charge is 0.455 e. The first-order valence-electron chi connectivity index (χ1n) is 9.33. The molecule has 6 heteroatoms. The Morgan fingerprint density at radius 3 is 2.42 bits per heavy atom. The van der Waals surface area contributed by atoms with Gasteiger partial charge in [-0.3, -0.25) is 14.9 Å². The Labute approximate surface area is 154 Å². The standard InChI is InChI=1S/C20H28N2O4/c1-3-14(2)18(15-9-5-4-6-10-15)19(24)26-13-17(23)22-20(25)21-16-11-7-8-12-16/h4-6,9-10,14,16,18H,3,7-8,11-13H2,1-2H3,(H2,21,22,23,25)/t14-,18-/m1/s1. The Balaban J connectivity index is 1.84. The number of hydrogen-bond donors (Lipinski definition) is 2. The quantitative estimate of drug-likeness (QED) is 0.732. The Morgan fingerprint density at radius 2 is 1.81 bits per heavy atom. The third-order valence-corrected chi connectivity index (χ3v) is 4.91. The Hall–Kier alpha value is -2.37. The molecule has 142 valence electrons. The van der Waals surface area contributed by atoms with Gasteiger partial charge in [0.15, 0.2) is 6.61 Å². The Kier molecular flexibility index (Phi) is 7.63. The van der Waals surface area contributed by atoms with E-state index < -0.39 is 30.4 Å². The van der Waals surface area contributed by atoms with Gasteiger partial charge in [-0.25, -0.2) is 4.79 Å². The van der Waals surface area contributed by atoms with E-state index in [2.05, 4.69) is 10.6 Å². The van der Waals surface area contributed by atoms with E-state index in [1.54, 1.807) is 0 Å². The van der Waals surface area contributed by atoms with E-state index in [4.69, 9.17) is 4.74 Å². The van der Waals surface area contributed by atoms with Gasteiger partial charge in [0.25, 0.3) is 5.91 Å². The third-order valence-electron chi connectivity index (χ3n) is 4.91. The first-order chi connectivity index (χ1) is 12.5. The van der Waals surface area contributed by atoms with Gasteiger partial charge in [0.2, 0.25) is 0 Å². The Morgan fingerprint density at radius 1 is 1.15 bits per heavy atom. The molecular formula is C20H28N2O4. The van der Waals surface area contributed by atoms with Crippen molar-refractivity contribution in [2.24, 2.45) is 5.92 Å². The lowest BCUT2D eigenvalue weighted by atomic mass is 9.86. The van der Waals surface area contributed by atoms with Gasteiger partial charge in [-0.15, -0.1) is 0 Å². The third kappa shape index (κ3) is 5.86. The maximum Gasteiger partial charge on any atom is 0.321 e. The number of imide groups is 1. The van der Waals surface area contributed by atoms with Crippen LogP contribution in [0, 0.1) is 5.92 Å². The zero-order chi connectivity index (χ0) is 18.9. The van der Waals surface area contributed by atoms with E-state index >= 15 is 0 Å². The van der Waals surface area contributed by atoms with Gasteiger partial charge in [-0.05, 0) is 24.3 Å². The highest BCUT2D eigenvalue weighted by Gasteiger charge is 2.28. The first-order valence-corrected chi connectivity index (χ1v) is 9.33. The molecule has 0 radical (unpaired) electrons. The van der Waals surface area contributed by atoms with Crippen molar-refractivity contribution in [1.29, 1.82) is 0 Å². The molecule has 6 nitrogen and oxygen atoms in total.